The zero-order chi connectivity index (χ0) is 30.4. The Hall–Kier alpha value is -1.40. The van der Waals surface area contributed by atoms with Gasteiger partial charge in [-0.3, -0.25) is 4.79 Å². The van der Waals surface area contributed by atoms with Gasteiger partial charge in [-0.15, -0.1) is 0 Å². The zero-order valence-corrected chi connectivity index (χ0v) is 27.2. The van der Waals surface area contributed by atoms with Crippen molar-refractivity contribution in [3.8, 4) is 0 Å². The van der Waals surface area contributed by atoms with Crippen LogP contribution in [0, 0.1) is 50.2 Å². The number of carbonyl (C=O) groups excluding carboxylic acids is 2. The van der Waals surface area contributed by atoms with Crippen LogP contribution in [0.4, 0.5) is 0 Å². The number of esters is 1. The van der Waals surface area contributed by atoms with Crippen molar-refractivity contribution in [3.63, 3.8) is 0 Å². The summed E-state index contributed by atoms with van der Waals surface area (Å²) in [5.41, 5.74) is 1.26. The fourth-order valence-electron chi connectivity index (χ4n) is 11.4. The van der Waals surface area contributed by atoms with Crippen LogP contribution in [-0.2, 0) is 14.3 Å². The quantitative estimate of drug-likeness (QED) is 0.276. The highest BCUT2D eigenvalue weighted by molar-refractivity contribution is 5.89. The Kier molecular flexibility index (Phi) is 7.42. The summed E-state index contributed by atoms with van der Waals surface area (Å²) in [5, 5.41) is 24.3. The van der Waals surface area contributed by atoms with Crippen molar-refractivity contribution in [2.75, 3.05) is 7.11 Å². The van der Waals surface area contributed by atoms with Gasteiger partial charge < -0.3 is 20.3 Å². The summed E-state index contributed by atoms with van der Waals surface area (Å²) in [4.78, 5) is 26.8. The molecule has 0 aromatic heterocycles. The maximum absolute atomic E-state index is 14.3. The molecule has 232 valence electrons. The van der Waals surface area contributed by atoms with Crippen LogP contribution in [0.15, 0.2) is 11.6 Å². The Morgan fingerprint density at radius 2 is 1.61 bits per heavy atom. The van der Waals surface area contributed by atoms with E-state index in [1.807, 2.05) is 0 Å². The Bertz CT molecular complexity index is 1110. The number of rotatable bonds is 4. The third-order valence-electron chi connectivity index (χ3n) is 14.3. The van der Waals surface area contributed by atoms with Crippen molar-refractivity contribution in [2.45, 2.75) is 138 Å². The van der Waals surface area contributed by atoms with Gasteiger partial charge >= 0.3 is 5.97 Å². The summed E-state index contributed by atoms with van der Waals surface area (Å²) in [6.07, 6.45) is 11.1. The molecule has 5 aliphatic carbocycles. The molecule has 5 rings (SSSR count). The van der Waals surface area contributed by atoms with Crippen LogP contribution in [0.5, 0.6) is 0 Å². The topological polar surface area (TPSA) is 95.9 Å². The lowest BCUT2D eigenvalue weighted by Crippen LogP contribution is -2.66. The highest BCUT2D eigenvalue weighted by Gasteiger charge is 2.69. The maximum atomic E-state index is 14.3. The van der Waals surface area contributed by atoms with Crippen LogP contribution in [0.25, 0.3) is 0 Å². The number of carbonyl (C=O) groups is 2. The van der Waals surface area contributed by atoms with E-state index in [1.54, 1.807) is 0 Å². The largest absolute Gasteiger partial charge is 0.467 e. The normalized spacial score (nSPS) is 45.9. The van der Waals surface area contributed by atoms with E-state index < -0.39 is 23.5 Å². The molecule has 5 aliphatic rings. The Balaban J connectivity index is 1.55. The fraction of sp³-hybridized carbons (Fsp3) is 0.886. The number of fused-ring (bicyclic) bond motifs is 7. The molecule has 6 nitrogen and oxygen atoms in total. The summed E-state index contributed by atoms with van der Waals surface area (Å²) >= 11 is 0. The average molecular weight is 572 g/mol. The minimum Gasteiger partial charge on any atom is -0.467 e. The first-order valence-corrected chi connectivity index (χ1v) is 16.4. The zero-order valence-electron chi connectivity index (χ0n) is 27.2. The Morgan fingerprint density at radius 1 is 0.951 bits per heavy atom. The Morgan fingerprint density at radius 3 is 2.24 bits per heavy atom. The summed E-state index contributed by atoms with van der Waals surface area (Å²) in [7, 11) is 1.30. The third kappa shape index (κ3) is 4.30. The second-order valence-corrected chi connectivity index (χ2v) is 17.0. The van der Waals surface area contributed by atoms with Crippen molar-refractivity contribution >= 4 is 11.9 Å². The molecule has 3 N–H and O–H groups in total. The first-order chi connectivity index (χ1) is 18.9. The van der Waals surface area contributed by atoms with Crippen LogP contribution in [0.3, 0.4) is 0 Å². The number of hydrogen-bond acceptors (Lipinski definition) is 5. The first-order valence-electron chi connectivity index (χ1n) is 16.4. The predicted molar refractivity (Wildman–Crippen MR) is 161 cm³/mol. The number of aliphatic hydroxyl groups is 2. The lowest BCUT2D eigenvalue weighted by molar-refractivity contribution is -0.203. The summed E-state index contributed by atoms with van der Waals surface area (Å²) in [6.45, 7) is 18.4. The molecule has 0 aliphatic heterocycles. The molecule has 6 heteroatoms. The minimum absolute atomic E-state index is 0.00199. The number of hydrogen-bond donors (Lipinski definition) is 3. The van der Waals surface area contributed by atoms with Crippen LogP contribution < -0.4 is 5.32 Å². The number of nitrogens with one attached hydrogen (secondary N) is 1. The van der Waals surface area contributed by atoms with Crippen LogP contribution in [0.1, 0.15) is 120 Å². The highest BCUT2D eigenvalue weighted by Crippen LogP contribution is 2.75. The van der Waals surface area contributed by atoms with Gasteiger partial charge in [0.1, 0.15) is 0 Å². The van der Waals surface area contributed by atoms with E-state index in [1.165, 1.54) is 19.6 Å². The van der Waals surface area contributed by atoms with Gasteiger partial charge in [0.15, 0.2) is 6.04 Å². The predicted octanol–water partition coefficient (Wildman–Crippen LogP) is 6.19. The average Bonchev–Trinajstić information content (AvgIpc) is 2.89. The van der Waals surface area contributed by atoms with E-state index in [0.717, 1.165) is 64.2 Å². The standard InChI is InChI=1S/C35H57NO5/c1-21(37)27(28(39)41-9)36-29(40)35-18-16-30(2,3)20-23(35)22-10-11-25-32(6)14-13-26(38)31(4,5)24(32)12-15-34(25,8)33(22,7)17-19-35/h10,21,23-27,37-38H,11-20H2,1-9H3,(H,36,40)/t21-,23+,24+,25-,26+,27+,32+,33-,34-,35+/m1/s1. The smallest absolute Gasteiger partial charge is 0.331 e. The Labute approximate surface area is 248 Å². The van der Waals surface area contributed by atoms with E-state index >= 15 is 0 Å². The summed E-state index contributed by atoms with van der Waals surface area (Å²) in [5.74, 6) is 0.476. The third-order valence-corrected chi connectivity index (χ3v) is 14.3. The highest BCUT2D eigenvalue weighted by atomic mass is 16.5. The number of amides is 1. The second-order valence-electron chi connectivity index (χ2n) is 17.0. The van der Waals surface area contributed by atoms with Gasteiger partial charge in [0.2, 0.25) is 5.91 Å². The second kappa shape index (κ2) is 9.81. The lowest BCUT2D eigenvalue weighted by Gasteiger charge is -2.71. The molecular weight excluding hydrogens is 514 g/mol. The van der Waals surface area contributed by atoms with Gasteiger partial charge in [-0.25, -0.2) is 4.79 Å². The fourth-order valence-corrected chi connectivity index (χ4v) is 11.4. The van der Waals surface area contributed by atoms with Crippen LogP contribution >= 0.6 is 0 Å². The minimum atomic E-state index is -1.06. The van der Waals surface area contributed by atoms with Gasteiger partial charge in [-0.05, 0) is 116 Å². The first kappa shape index (κ1) is 31.0. The van der Waals surface area contributed by atoms with E-state index in [2.05, 4.69) is 59.9 Å². The van der Waals surface area contributed by atoms with Gasteiger partial charge in [-0.2, -0.15) is 0 Å². The van der Waals surface area contributed by atoms with Crippen molar-refractivity contribution < 1.29 is 24.5 Å². The van der Waals surface area contributed by atoms with Crippen molar-refractivity contribution in [3.05, 3.63) is 11.6 Å². The number of aliphatic hydroxyl groups excluding tert-OH is 2. The van der Waals surface area contributed by atoms with Crippen LogP contribution in [-0.4, -0.2) is 47.4 Å². The maximum Gasteiger partial charge on any atom is 0.331 e. The monoisotopic (exact) mass is 571 g/mol. The van der Waals surface area contributed by atoms with Crippen molar-refractivity contribution in [1.29, 1.82) is 0 Å². The van der Waals surface area contributed by atoms with E-state index in [0.29, 0.717) is 11.8 Å². The van der Waals surface area contributed by atoms with Crippen molar-refractivity contribution in [2.24, 2.45) is 50.2 Å². The van der Waals surface area contributed by atoms with Gasteiger partial charge in [-0.1, -0.05) is 60.1 Å². The number of methoxy groups -OCH3 is 1. The lowest BCUT2D eigenvalue weighted by atomic mass is 9.33. The molecule has 10 atom stereocenters. The summed E-state index contributed by atoms with van der Waals surface area (Å²) in [6, 6.07) is -1.06. The molecular formula is C35H57NO5. The molecule has 0 unspecified atom stereocenters. The SMILES string of the molecule is COC(=O)[C@@H](NC(=O)[C@]12CCC(C)(C)C[C@H]1C1=CC[C@@H]3[C@@]4(C)CC[C@H](O)C(C)(C)[C@@H]4CC[C@@]3(C)[C@]1(C)CC2)[C@@H](C)O. The molecule has 0 bridgehead atoms. The molecule has 0 heterocycles. The molecule has 0 saturated heterocycles. The molecule has 0 aromatic carbocycles. The van der Waals surface area contributed by atoms with Gasteiger partial charge in [0.05, 0.1) is 24.7 Å². The number of allylic oxidation sites excluding steroid dienone is 2. The molecule has 0 spiro atoms. The molecule has 41 heavy (non-hydrogen) atoms. The molecule has 1 amide bonds. The summed E-state index contributed by atoms with van der Waals surface area (Å²) < 4.78 is 4.94. The van der Waals surface area contributed by atoms with E-state index in [-0.39, 0.29) is 45.0 Å². The van der Waals surface area contributed by atoms with Crippen LogP contribution in [0.2, 0.25) is 0 Å². The molecule has 0 aromatic rings. The molecule has 0 radical (unpaired) electrons. The van der Waals surface area contributed by atoms with E-state index in [4.69, 9.17) is 4.74 Å². The van der Waals surface area contributed by atoms with E-state index in [9.17, 15) is 19.8 Å². The van der Waals surface area contributed by atoms with Gasteiger partial charge in [0, 0.05) is 0 Å². The molecule has 4 fully saturated rings. The van der Waals surface area contributed by atoms with Gasteiger partial charge in [0.25, 0.3) is 0 Å². The molecule has 4 saturated carbocycles. The number of ether oxygens (including phenoxy) is 1. The van der Waals surface area contributed by atoms with Crippen molar-refractivity contribution in [1.82, 2.24) is 5.32 Å².